The van der Waals surface area contributed by atoms with Crippen LogP contribution in [0.25, 0.3) is 0 Å². The largest absolute Gasteiger partial charge is 0.547 e. The van der Waals surface area contributed by atoms with Crippen molar-refractivity contribution in [2.45, 2.75) is 37.3 Å². The number of imide groups is 1. The normalized spacial score (nSPS) is 17.7. The molecule has 290 valence electrons. The fourth-order valence-electron chi connectivity index (χ4n) is 6.61. The zero-order valence-electron chi connectivity index (χ0n) is 28.3. The molecule has 3 aromatic carbocycles. The Hall–Kier alpha value is -5.73. The predicted molar refractivity (Wildman–Crippen MR) is 189 cm³/mol. The minimum absolute atomic E-state index is 0.0815. The number of nitrogens with one attached hydrogen (secondary N) is 3. The molecule has 17 nitrogen and oxygen atoms in total. The summed E-state index contributed by atoms with van der Waals surface area (Å²) in [4.78, 5) is 69.1. The first-order valence-corrected chi connectivity index (χ1v) is 17.3. The van der Waals surface area contributed by atoms with Crippen molar-refractivity contribution in [3.05, 3.63) is 74.8 Å². The molecule has 2 fully saturated rings. The van der Waals surface area contributed by atoms with E-state index in [1.807, 2.05) is 0 Å². The summed E-state index contributed by atoms with van der Waals surface area (Å²) in [5.74, 6) is -9.71. The van der Waals surface area contributed by atoms with Gasteiger partial charge < -0.3 is 55.9 Å². The second-order valence-electron chi connectivity index (χ2n) is 12.8. The van der Waals surface area contributed by atoms with Gasteiger partial charge in [0.1, 0.15) is 28.9 Å². The van der Waals surface area contributed by atoms with Crippen molar-refractivity contribution in [2.75, 3.05) is 31.5 Å². The molecule has 0 spiro atoms. The molecule has 3 heterocycles. The number of benzene rings is 3. The lowest BCUT2D eigenvalue weighted by Crippen LogP contribution is -2.56. The topological polar surface area (TPSA) is 242 Å². The van der Waals surface area contributed by atoms with Gasteiger partial charge in [-0.25, -0.2) is 32.9 Å². The van der Waals surface area contributed by atoms with E-state index in [-0.39, 0.29) is 60.7 Å². The Morgan fingerprint density at radius 3 is 2.33 bits per heavy atom. The second kappa shape index (κ2) is 15.6. The summed E-state index contributed by atoms with van der Waals surface area (Å²) in [5, 5.41) is 56.8. The molecule has 22 heteroatoms. The maximum absolute atomic E-state index is 14.7. The number of amides is 7. The molecular weight excluding hydrogens is 776 g/mol. The fraction of sp³-hybridized carbons (Fsp3) is 0.303. The number of hydrogen-bond acceptors (Lipinski definition) is 10. The third kappa shape index (κ3) is 7.78. The van der Waals surface area contributed by atoms with E-state index in [0.717, 1.165) is 11.0 Å². The van der Waals surface area contributed by atoms with Crippen LogP contribution in [0.1, 0.15) is 40.4 Å². The van der Waals surface area contributed by atoms with Gasteiger partial charge in [-0.05, 0) is 49.1 Å². The van der Waals surface area contributed by atoms with Crippen LogP contribution in [0.5, 0.6) is 23.0 Å². The van der Waals surface area contributed by atoms with Gasteiger partial charge in [-0.3, -0.25) is 4.79 Å². The Morgan fingerprint density at radius 1 is 0.927 bits per heavy atom. The summed E-state index contributed by atoms with van der Waals surface area (Å²) in [6.07, 6.45) is 0.380. The lowest BCUT2D eigenvalue weighted by Gasteiger charge is -2.36. The third-order valence-electron chi connectivity index (χ3n) is 9.46. The van der Waals surface area contributed by atoms with Crippen LogP contribution < -0.4 is 20.6 Å². The number of carbonyl (C=O) groups excluding carboxylic acids is 4. The highest BCUT2D eigenvalue weighted by Crippen LogP contribution is 2.41. The van der Waals surface area contributed by atoms with Gasteiger partial charge in [-0.2, -0.15) is 0 Å². The minimum atomic E-state index is -1.97. The molecule has 2 saturated heterocycles. The lowest BCUT2D eigenvalue weighted by atomic mass is 9.72. The van der Waals surface area contributed by atoms with Crippen molar-refractivity contribution in [1.29, 1.82) is 0 Å². The van der Waals surface area contributed by atoms with Gasteiger partial charge in [0.2, 0.25) is 5.91 Å². The van der Waals surface area contributed by atoms with Crippen LogP contribution in [0.4, 0.5) is 28.9 Å². The van der Waals surface area contributed by atoms with Crippen molar-refractivity contribution in [3.8, 4) is 23.0 Å². The second-order valence-corrected chi connectivity index (χ2v) is 13.6. The van der Waals surface area contributed by atoms with Gasteiger partial charge in [0.15, 0.2) is 17.3 Å². The lowest BCUT2D eigenvalue weighted by molar-refractivity contribution is -0.123. The van der Waals surface area contributed by atoms with Crippen molar-refractivity contribution < 1.29 is 62.9 Å². The number of aromatic carboxylic acids is 1. The Bertz CT molecular complexity index is 2090. The molecule has 0 radical (unpaired) electrons. The van der Waals surface area contributed by atoms with E-state index in [9.17, 15) is 58.2 Å². The number of carbonyl (C=O) groups is 5. The monoisotopic (exact) mass is 806 g/mol. The van der Waals surface area contributed by atoms with Gasteiger partial charge in [0.25, 0.3) is 0 Å². The Labute approximate surface area is 320 Å². The Morgan fingerprint density at radius 2 is 1.64 bits per heavy atom. The summed E-state index contributed by atoms with van der Waals surface area (Å²) >= 11 is 12.3. The predicted octanol–water partition coefficient (Wildman–Crippen LogP) is 3.41. The summed E-state index contributed by atoms with van der Waals surface area (Å²) in [6, 6.07) is 1.99. The van der Waals surface area contributed by atoms with E-state index in [4.69, 9.17) is 27.9 Å². The summed E-state index contributed by atoms with van der Waals surface area (Å²) in [5.41, 5.74) is -1.09. The molecule has 0 aromatic heterocycles. The van der Waals surface area contributed by atoms with Crippen molar-refractivity contribution in [1.82, 2.24) is 25.3 Å². The van der Waals surface area contributed by atoms with E-state index in [1.165, 1.54) is 34.1 Å². The Balaban J connectivity index is 1.15. The fourth-order valence-corrected chi connectivity index (χ4v) is 7.03. The molecule has 0 aliphatic carbocycles. The van der Waals surface area contributed by atoms with Crippen LogP contribution in [0.2, 0.25) is 10.0 Å². The zero-order valence-corrected chi connectivity index (χ0v) is 29.8. The number of anilines is 1. The molecule has 7 amide bonds. The number of likely N-dealkylation sites (tertiary alicyclic amines) is 1. The number of rotatable bonds is 7. The highest BCUT2D eigenvalue weighted by Gasteiger charge is 2.43. The van der Waals surface area contributed by atoms with Gasteiger partial charge in [0, 0.05) is 43.9 Å². The number of hydrogen-bond donors (Lipinski definition) is 8. The summed E-state index contributed by atoms with van der Waals surface area (Å²) in [7, 11) is -1.94. The quantitative estimate of drug-likeness (QED) is 0.127. The Kier molecular flexibility index (Phi) is 11.0. The molecule has 6 rings (SSSR count). The molecule has 3 aliphatic heterocycles. The average Bonchev–Trinajstić information content (AvgIpc) is 3.54. The van der Waals surface area contributed by atoms with E-state index in [2.05, 4.69) is 16.0 Å². The number of halogens is 4. The summed E-state index contributed by atoms with van der Waals surface area (Å²) in [6.45, 7) is 0.395. The highest BCUT2D eigenvalue weighted by molar-refractivity contribution is 6.47. The first kappa shape index (κ1) is 39.0. The van der Waals surface area contributed by atoms with Crippen LogP contribution in [0.3, 0.4) is 0 Å². The molecule has 55 heavy (non-hydrogen) atoms. The molecule has 0 bridgehead atoms. The zero-order chi connectivity index (χ0) is 39.9. The number of carboxylic acid groups (broad SMARTS) is 1. The average molecular weight is 807 g/mol. The van der Waals surface area contributed by atoms with E-state index in [1.54, 1.807) is 0 Å². The molecule has 0 saturated carbocycles. The van der Waals surface area contributed by atoms with Gasteiger partial charge in [0.05, 0.1) is 21.7 Å². The molecule has 2 atom stereocenters. The number of aromatic hydroxyl groups is 3. The van der Waals surface area contributed by atoms with Crippen molar-refractivity contribution in [2.24, 2.45) is 0 Å². The highest BCUT2D eigenvalue weighted by atomic mass is 35.5. The standard InChI is InChI=1S/C33H31BCl2F2N6O11/c35-18-3-2-16(45)12-21(18)39-31(51)42-7-5-15(6-8-42)43-9-10-44(33(43)53)32(52)41-25(17-13-20(38)26(46)27(47)24(17)36)29(48)40-22-11-14-1-4-19(37)23(30(49)50)28(14)55-34(22)54/h1-4,12-13,15,22,25,45-47,54H,5-11H2,(H,39,51)(H,40,48)(H,41,52)(H,49,50)/t22-,25+/m0/s1. The number of nitrogens with zero attached hydrogens (tertiary/aromatic N) is 3. The molecule has 3 aliphatic rings. The molecular formula is C33H31BCl2F2N6O11. The van der Waals surface area contributed by atoms with E-state index < -0.39 is 94.1 Å². The number of phenolic OH excluding ortho intramolecular Hbond substituents is 3. The minimum Gasteiger partial charge on any atom is -0.534 e. The number of urea groups is 3. The van der Waals surface area contributed by atoms with E-state index in [0.29, 0.717) is 18.9 Å². The van der Waals surface area contributed by atoms with Crippen LogP contribution in [0, 0.1) is 11.6 Å². The van der Waals surface area contributed by atoms with Crippen LogP contribution in [-0.4, -0.2) is 115 Å². The molecule has 8 N–H and O–H groups in total. The summed E-state index contributed by atoms with van der Waals surface area (Å²) < 4.78 is 34.2. The van der Waals surface area contributed by atoms with E-state index >= 15 is 0 Å². The number of carboxylic acids is 1. The number of fused-ring (bicyclic) bond motifs is 1. The van der Waals surface area contributed by atoms with Crippen molar-refractivity contribution >= 4 is 66.0 Å². The van der Waals surface area contributed by atoms with Crippen LogP contribution in [-0.2, 0) is 11.2 Å². The maximum Gasteiger partial charge on any atom is 0.547 e. The van der Waals surface area contributed by atoms with Gasteiger partial charge in [-0.1, -0.05) is 29.3 Å². The molecule has 3 aromatic rings. The van der Waals surface area contributed by atoms with Crippen molar-refractivity contribution in [3.63, 3.8) is 0 Å². The van der Waals surface area contributed by atoms with Crippen LogP contribution in [0.15, 0.2) is 36.4 Å². The maximum atomic E-state index is 14.7. The SMILES string of the molecule is O=C(O)c1c(F)ccc2c1OB(O)[C@@H](NC(=O)[C@H](NC(=O)N1CCN(C3CCN(C(=O)Nc4cc(O)ccc4Cl)CC3)C1=O)c1cc(F)c(O)c(O)c1Cl)C2. The molecule has 0 unspecified atom stereocenters. The van der Waals surface area contributed by atoms with Crippen LogP contribution >= 0.6 is 23.2 Å². The number of phenols is 3. The first-order chi connectivity index (χ1) is 26.0. The third-order valence-corrected chi connectivity index (χ3v) is 10.2. The van der Waals surface area contributed by atoms with Gasteiger partial charge in [-0.15, -0.1) is 0 Å². The van der Waals surface area contributed by atoms with Gasteiger partial charge >= 0.3 is 31.2 Å². The first-order valence-electron chi connectivity index (χ1n) is 16.6. The smallest absolute Gasteiger partial charge is 0.534 e. The number of piperidine rings is 1.